The second kappa shape index (κ2) is 5.12. The van der Waals surface area contributed by atoms with Crippen LogP contribution in [0.2, 0.25) is 0 Å². The van der Waals surface area contributed by atoms with E-state index in [1.807, 2.05) is 0 Å². The summed E-state index contributed by atoms with van der Waals surface area (Å²) in [6.45, 7) is 2.42. The predicted octanol–water partition coefficient (Wildman–Crippen LogP) is 1.54. The van der Waals surface area contributed by atoms with Crippen LogP contribution in [0.5, 0.6) is 0 Å². The summed E-state index contributed by atoms with van der Waals surface area (Å²) < 4.78 is 29.8. The molecule has 1 saturated carbocycles. The zero-order chi connectivity index (χ0) is 14.3. The number of alkyl halides is 2. The number of hydrogen-bond donors (Lipinski definition) is 1. The van der Waals surface area contributed by atoms with Crippen LogP contribution in [0.4, 0.5) is 8.78 Å². The number of carbonyl (C=O) groups is 1. The van der Waals surface area contributed by atoms with Crippen LogP contribution in [0.3, 0.4) is 0 Å². The summed E-state index contributed by atoms with van der Waals surface area (Å²) in [6.07, 6.45) is -0.206. The monoisotopic (exact) mass is 285 g/mol. The zero-order valence-corrected chi connectivity index (χ0v) is 11.2. The van der Waals surface area contributed by atoms with E-state index in [4.69, 9.17) is 4.42 Å². The first-order valence-corrected chi connectivity index (χ1v) is 6.81. The molecule has 3 rings (SSSR count). The third-order valence-corrected chi connectivity index (χ3v) is 3.63. The summed E-state index contributed by atoms with van der Waals surface area (Å²) in [7, 11) is 0. The Labute approximate surface area is 115 Å². The summed E-state index contributed by atoms with van der Waals surface area (Å²) in [4.78, 5) is 17.9. The van der Waals surface area contributed by atoms with E-state index >= 15 is 0 Å². The molecule has 1 aromatic heterocycles. The van der Waals surface area contributed by atoms with Crippen LogP contribution in [-0.4, -0.2) is 47.9 Å². The van der Waals surface area contributed by atoms with Gasteiger partial charge in [-0.05, 0) is 19.8 Å². The van der Waals surface area contributed by atoms with Crippen LogP contribution in [0.15, 0.2) is 4.42 Å². The Kier molecular flexibility index (Phi) is 3.45. The van der Waals surface area contributed by atoms with E-state index in [9.17, 15) is 13.6 Å². The molecule has 0 unspecified atom stereocenters. The molecular formula is C13H17F2N3O2. The number of nitrogens with zero attached hydrogens (tertiary/aromatic N) is 2. The van der Waals surface area contributed by atoms with E-state index in [2.05, 4.69) is 10.3 Å². The van der Waals surface area contributed by atoms with Crippen LogP contribution < -0.4 is 5.32 Å². The highest BCUT2D eigenvalue weighted by Crippen LogP contribution is 2.40. The fourth-order valence-electron chi connectivity index (χ4n) is 2.39. The van der Waals surface area contributed by atoms with E-state index in [-0.39, 0.29) is 24.3 Å². The standard InChI is InChI=1S/C13H17F2N3O2/c1-7-11(20-13(16-7)8-2-3-8)12(19)17-9-4-18(5-9)6-10(14)15/h8-10H,2-6H2,1H3,(H,17,19). The average molecular weight is 285 g/mol. The van der Waals surface area contributed by atoms with Crippen molar-refractivity contribution in [2.45, 2.75) is 38.2 Å². The maximum atomic E-state index is 12.1. The summed E-state index contributed by atoms with van der Waals surface area (Å²) in [5.41, 5.74) is 0.591. The molecule has 110 valence electrons. The molecule has 1 N–H and O–H groups in total. The Bertz CT molecular complexity index is 508. The number of rotatable bonds is 5. The lowest BCUT2D eigenvalue weighted by Crippen LogP contribution is -2.60. The van der Waals surface area contributed by atoms with Crippen LogP contribution in [0, 0.1) is 6.92 Å². The molecule has 0 radical (unpaired) electrons. The van der Waals surface area contributed by atoms with Gasteiger partial charge in [0.2, 0.25) is 5.76 Å². The van der Waals surface area contributed by atoms with Crippen LogP contribution in [0.1, 0.15) is 40.9 Å². The number of aryl methyl sites for hydroxylation is 1. The molecule has 1 saturated heterocycles. The Hall–Kier alpha value is -1.50. The van der Waals surface area contributed by atoms with Crippen LogP contribution >= 0.6 is 0 Å². The molecule has 1 amide bonds. The minimum atomic E-state index is -2.33. The number of hydrogen-bond acceptors (Lipinski definition) is 4. The molecule has 0 bridgehead atoms. The van der Waals surface area contributed by atoms with E-state index in [1.165, 1.54) is 0 Å². The number of nitrogens with one attached hydrogen (secondary N) is 1. The molecule has 0 spiro atoms. The van der Waals surface area contributed by atoms with Gasteiger partial charge in [-0.3, -0.25) is 9.69 Å². The Balaban J connectivity index is 1.52. The van der Waals surface area contributed by atoms with Gasteiger partial charge in [-0.15, -0.1) is 0 Å². The van der Waals surface area contributed by atoms with E-state index in [1.54, 1.807) is 11.8 Å². The van der Waals surface area contributed by atoms with E-state index < -0.39 is 6.43 Å². The fraction of sp³-hybridized carbons (Fsp3) is 0.692. The quantitative estimate of drug-likeness (QED) is 0.891. The van der Waals surface area contributed by atoms with Gasteiger partial charge in [0.15, 0.2) is 5.89 Å². The summed E-state index contributed by atoms with van der Waals surface area (Å²) in [5, 5.41) is 2.79. The number of oxazole rings is 1. The third kappa shape index (κ3) is 2.82. The normalized spacial score (nSPS) is 20.2. The predicted molar refractivity (Wildman–Crippen MR) is 66.9 cm³/mol. The Morgan fingerprint density at radius 1 is 1.50 bits per heavy atom. The molecule has 2 heterocycles. The van der Waals surface area contributed by atoms with Crippen molar-refractivity contribution in [3.05, 3.63) is 17.3 Å². The minimum Gasteiger partial charge on any atom is -0.435 e. The van der Waals surface area contributed by atoms with Crippen molar-refractivity contribution in [3.8, 4) is 0 Å². The molecule has 0 atom stereocenters. The minimum absolute atomic E-state index is 0.0878. The first-order valence-electron chi connectivity index (χ1n) is 6.81. The van der Waals surface area contributed by atoms with Crippen molar-refractivity contribution in [2.75, 3.05) is 19.6 Å². The van der Waals surface area contributed by atoms with Gasteiger partial charge in [0.05, 0.1) is 18.3 Å². The largest absolute Gasteiger partial charge is 0.435 e. The lowest BCUT2D eigenvalue weighted by Gasteiger charge is -2.39. The number of likely N-dealkylation sites (tertiary alicyclic amines) is 1. The lowest BCUT2D eigenvalue weighted by molar-refractivity contribution is 0.0374. The third-order valence-electron chi connectivity index (χ3n) is 3.63. The summed E-state index contributed by atoms with van der Waals surface area (Å²) in [5.74, 6) is 0.948. The lowest BCUT2D eigenvalue weighted by atomic mass is 10.1. The topological polar surface area (TPSA) is 58.4 Å². The average Bonchev–Trinajstić information content (AvgIpc) is 3.09. The number of halogens is 2. The summed E-state index contributed by atoms with van der Waals surface area (Å²) >= 11 is 0. The van der Waals surface area contributed by atoms with Gasteiger partial charge in [-0.1, -0.05) is 0 Å². The highest BCUT2D eigenvalue weighted by atomic mass is 19.3. The zero-order valence-electron chi connectivity index (χ0n) is 11.2. The van der Waals surface area contributed by atoms with Gasteiger partial charge in [-0.2, -0.15) is 0 Å². The molecule has 2 aliphatic rings. The first kappa shape index (κ1) is 13.5. The second-order valence-electron chi connectivity index (χ2n) is 5.52. The van der Waals surface area contributed by atoms with Crippen molar-refractivity contribution in [3.63, 3.8) is 0 Å². The molecule has 1 aliphatic carbocycles. The van der Waals surface area contributed by atoms with Gasteiger partial charge in [0.25, 0.3) is 12.3 Å². The number of carbonyl (C=O) groups excluding carboxylic acids is 1. The van der Waals surface area contributed by atoms with Crippen molar-refractivity contribution >= 4 is 5.91 Å². The van der Waals surface area contributed by atoms with Gasteiger partial charge in [0.1, 0.15) is 0 Å². The molecule has 2 fully saturated rings. The molecule has 5 nitrogen and oxygen atoms in total. The highest BCUT2D eigenvalue weighted by molar-refractivity contribution is 5.92. The maximum absolute atomic E-state index is 12.1. The Morgan fingerprint density at radius 2 is 2.20 bits per heavy atom. The number of amides is 1. The van der Waals surface area contributed by atoms with Gasteiger partial charge in [0, 0.05) is 19.0 Å². The number of aromatic nitrogens is 1. The Morgan fingerprint density at radius 3 is 2.80 bits per heavy atom. The van der Waals surface area contributed by atoms with E-state index in [0.717, 1.165) is 12.8 Å². The molecule has 20 heavy (non-hydrogen) atoms. The maximum Gasteiger partial charge on any atom is 0.289 e. The van der Waals surface area contributed by atoms with Crippen LogP contribution in [-0.2, 0) is 0 Å². The van der Waals surface area contributed by atoms with Crippen molar-refractivity contribution in [2.24, 2.45) is 0 Å². The molecule has 0 aromatic carbocycles. The van der Waals surface area contributed by atoms with Gasteiger partial charge in [-0.25, -0.2) is 13.8 Å². The SMILES string of the molecule is Cc1nc(C2CC2)oc1C(=O)NC1CN(CC(F)F)C1. The van der Waals surface area contributed by atoms with Gasteiger partial charge < -0.3 is 9.73 Å². The van der Waals surface area contributed by atoms with Crippen molar-refractivity contribution in [1.29, 1.82) is 0 Å². The van der Waals surface area contributed by atoms with Crippen LogP contribution in [0.25, 0.3) is 0 Å². The van der Waals surface area contributed by atoms with E-state index in [0.29, 0.717) is 30.6 Å². The van der Waals surface area contributed by atoms with Crippen molar-refractivity contribution < 1.29 is 18.0 Å². The molecule has 1 aliphatic heterocycles. The second-order valence-corrected chi connectivity index (χ2v) is 5.52. The smallest absolute Gasteiger partial charge is 0.289 e. The molecule has 1 aromatic rings. The van der Waals surface area contributed by atoms with Gasteiger partial charge >= 0.3 is 0 Å². The summed E-state index contributed by atoms with van der Waals surface area (Å²) in [6, 6.07) is -0.0878. The van der Waals surface area contributed by atoms with Crippen molar-refractivity contribution in [1.82, 2.24) is 15.2 Å². The molecular weight excluding hydrogens is 268 g/mol. The molecule has 7 heteroatoms. The fourth-order valence-corrected chi connectivity index (χ4v) is 2.39. The highest BCUT2D eigenvalue weighted by Gasteiger charge is 2.33. The first-order chi connectivity index (χ1) is 9.52.